The number of carbonyl (C=O) groups is 3. The maximum Gasteiger partial charge on any atom is 0.407 e. The van der Waals surface area contributed by atoms with E-state index in [4.69, 9.17) is 4.74 Å². The standard InChI is InChI=1S/C23H29N3O4/c1-23(2,3)30-22(29)24-12-11-20(27)25-13-15-26(16-14-25)21(28)19-10-6-8-17-7-4-5-9-18(17)19/h4-10H,11-16H2,1-3H3,(H,24,29). The number of nitrogens with one attached hydrogen (secondary N) is 1. The number of piperazine rings is 1. The highest BCUT2D eigenvalue weighted by Gasteiger charge is 2.25. The third-order valence-corrected chi connectivity index (χ3v) is 4.95. The zero-order chi connectivity index (χ0) is 21.7. The Kier molecular flexibility index (Phi) is 6.59. The van der Waals surface area contributed by atoms with Crippen LogP contribution in [0.5, 0.6) is 0 Å². The van der Waals surface area contributed by atoms with Crippen molar-refractivity contribution in [1.29, 1.82) is 0 Å². The summed E-state index contributed by atoms with van der Waals surface area (Å²) in [5.41, 5.74) is 0.121. The van der Waals surface area contributed by atoms with Crippen LogP contribution in [-0.4, -0.2) is 66.0 Å². The lowest BCUT2D eigenvalue weighted by atomic mass is 10.0. The van der Waals surface area contributed by atoms with Crippen molar-refractivity contribution in [3.8, 4) is 0 Å². The molecule has 0 bridgehead atoms. The zero-order valence-corrected chi connectivity index (χ0v) is 17.8. The molecule has 0 saturated carbocycles. The number of hydrogen-bond acceptors (Lipinski definition) is 4. The molecule has 7 nitrogen and oxygen atoms in total. The number of fused-ring (bicyclic) bond motifs is 1. The SMILES string of the molecule is CC(C)(C)OC(=O)NCCC(=O)N1CCN(C(=O)c2cccc3ccccc23)CC1. The van der Waals surface area contributed by atoms with Crippen molar-refractivity contribution in [3.63, 3.8) is 0 Å². The second-order valence-electron chi connectivity index (χ2n) is 8.38. The van der Waals surface area contributed by atoms with Gasteiger partial charge in [0, 0.05) is 44.7 Å². The zero-order valence-electron chi connectivity index (χ0n) is 17.8. The average molecular weight is 412 g/mol. The van der Waals surface area contributed by atoms with Gasteiger partial charge in [-0.05, 0) is 37.6 Å². The topological polar surface area (TPSA) is 79.0 Å². The van der Waals surface area contributed by atoms with E-state index in [1.807, 2.05) is 42.5 Å². The number of amides is 3. The van der Waals surface area contributed by atoms with Crippen LogP contribution in [0.2, 0.25) is 0 Å². The van der Waals surface area contributed by atoms with Crippen molar-refractivity contribution >= 4 is 28.7 Å². The first-order valence-electron chi connectivity index (χ1n) is 10.3. The lowest BCUT2D eigenvalue weighted by Crippen LogP contribution is -2.51. The molecule has 0 spiro atoms. The molecule has 1 heterocycles. The quantitative estimate of drug-likeness (QED) is 0.839. The van der Waals surface area contributed by atoms with Crippen LogP contribution < -0.4 is 5.32 Å². The Morgan fingerprint density at radius 3 is 2.27 bits per heavy atom. The van der Waals surface area contributed by atoms with Crippen LogP contribution in [0.1, 0.15) is 37.6 Å². The largest absolute Gasteiger partial charge is 0.444 e. The van der Waals surface area contributed by atoms with E-state index in [2.05, 4.69) is 5.32 Å². The molecule has 1 aliphatic rings. The molecule has 3 rings (SSSR count). The van der Waals surface area contributed by atoms with Crippen LogP contribution in [0.25, 0.3) is 10.8 Å². The van der Waals surface area contributed by atoms with Gasteiger partial charge in [-0.1, -0.05) is 36.4 Å². The molecule has 160 valence electrons. The third-order valence-electron chi connectivity index (χ3n) is 4.95. The summed E-state index contributed by atoms with van der Waals surface area (Å²) in [6, 6.07) is 13.6. The van der Waals surface area contributed by atoms with E-state index in [-0.39, 0.29) is 24.8 Å². The van der Waals surface area contributed by atoms with Gasteiger partial charge < -0.3 is 19.9 Å². The molecule has 1 fully saturated rings. The second kappa shape index (κ2) is 9.15. The van der Waals surface area contributed by atoms with E-state index in [0.717, 1.165) is 10.8 Å². The fraction of sp³-hybridized carbons (Fsp3) is 0.435. The van der Waals surface area contributed by atoms with Crippen LogP contribution in [0.4, 0.5) is 4.79 Å². The van der Waals surface area contributed by atoms with Crippen molar-refractivity contribution < 1.29 is 19.1 Å². The average Bonchev–Trinajstić information content (AvgIpc) is 2.71. The molecule has 7 heteroatoms. The molecule has 2 aromatic carbocycles. The van der Waals surface area contributed by atoms with Crippen molar-refractivity contribution in [1.82, 2.24) is 15.1 Å². The highest BCUT2D eigenvalue weighted by molar-refractivity contribution is 6.07. The first-order valence-corrected chi connectivity index (χ1v) is 10.3. The van der Waals surface area contributed by atoms with E-state index in [1.165, 1.54) is 0 Å². The van der Waals surface area contributed by atoms with E-state index >= 15 is 0 Å². The molecule has 0 radical (unpaired) electrons. The number of hydrogen-bond donors (Lipinski definition) is 1. The maximum absolute atomic E-state index is 13.0. The van der Waals surface area contributed by atoms with Gasteiger partial charge in [0.2, 0.25) is 5.91 Å². The Labute approximate surface area is 177 Å². The first-order chi connectivity index (χ1) is 14.2. The number of nitrogens with zero attached hydrogens (tertiary/aromatic N) is 2. The van der Waals surface area contributed by atoms with Gasteiger partial charge in [-0.2, -0.15) is 0 Å². The smallest absolute Gasteiger partial charge is 0.407 e. The predicted molar refractivity (Wildman–Crippen MR) is 115 cm³/mol. The lowest BCUT2D eigenvalue weighted by molar-refractivity contribution is -0.132. The molecular weight excluding hydrogens is 382 g/mol. The molecule has 0 unspecified atom stereocenters. The number of benzene rings is 2. The summed E-state index contributed by atoms with van der Waals surface area (Å²) in [4.78, 5) is 40.6. The van der Waals surface area contributed by atoms with Gasteiger partial charge in [-0.3, -0.25) is 9.59 Å². The minimum Gasteiger partial charge on any atom is -0.444 e. The molecule has 0 atom stereocenters. The Hall–Kier alpha value is -3.09. The van der Waals surface area contributed by atoms with Crippen molar-refractivity contribution in [3.05, 3.63) is 48.0 Å². The van der Waals surface area contributed by atoms with Crippen LogP contribution in [0.3, 0.4) is 0 Å². The molecule has 0 aliphatic carbocycles. The number of rotatable bonds is 4. The molecule has 3 amide bonds. The van der Waals surface area contributed by atoms with E-state index < -0.39 is 11.7 Å². The molecule has 30 heavy (non-hydrogen) atoms. The van der Waals surface area contributed by atoms with Crippen LogP contribution in [0.15, 0.2) is 42.5 Å². The normalized spacial score (nSPS) is 14.5. The summed E-state index contributed by atoms with van der Waals surface area (Å²) < 4.78 is 5.16. The first kappa shape index (κ1) is 21.6. The molecule has 1 N–H and O–H groups in total. The monoisotopic (exact) mass is 411 g/mol. The second-order valence-corrected chi connectivity index (χ2v) is 8.38. The summed E-state index contributed by atoms with van der Waals surface area (Å²) in [5, 5.41) is 4.58. The van der Waals surface area contributed by atoms with Gasteiger partial charge in [-0.25, -0.2) is 4.79 Å². The summed E-state index contributed by atoms with van der Waals surface area (Å²) >= 11 is 0. The highest BCUT2D eigenvalue weighted by atomic mass is 16.6. The summed E-state index contributed by atoms with van der Waals surface area (Å²) in [6.45, 7) is 7.55. The molecule has 2 aromatic rings. The third kappa shape index (κ3) is 5.49. The van der Waals surface area contributed by atoms with Crippen molar-refractivity contribution in [2.45, 2.75) is 32.8 Å². The minimum atomic E-state index is -0.568. The highest BCUT2D eigenvalue weighted by Crippen LogP contribution is 2.20. The Morgan fingerprint density at radius 1 is 0.933 bits per heavy atom. The van der Waals surface area contributed by atoms with Crippen LogP contribution in [0, 0.1) is 0 Å². The predicted octanol–water partition coefficient (Wildman–Crippen LogP) is 3.04. The maximum atomic E-state index is 13.0. The molecular formula is C23H29N3O4. The molecule has 1 aliphatic heterocycles. The number of ether oxygens (including phenoxy) is 1. The van der Waals surface area contributed by atoms with Crippen molar-refractivity contribution in [2.24, 2.45) is 0 Å². The fourth-order valence-corrected chi connectivity index (χ4v) is 3.48. The van der Waals surface area contributed by atoms with Gasteiger partial charge in [-0.15, -0.1) is 0 Å². The Morgan fingerprint density at radius 2 is 1.57 bits per heavy atom. The van der Waals surface area contributed by atoms with Gasteiger partial charge in [0.05, 0.1) is 0 Å². The van der Waals surface area contributed by atoms with Gasteiger partial charge in [0.25, 0.3) is 5.91 Å². The molecule has 0 aromatic heterocycles. The van der Waals surface area contributed by atoms with E-state index in [9.17, 15) is 14.4 Å². The molecule has 1 saturated heterocycles. The summed E-state index contributed by atoms with van der Waals surface area (Å²) in [7, 11) is 0. The van der Waals surface area contributed by atoms with Gasteiger partial charge in [0.1, 0.15) is 5.60 Å². The van der Waals surface area contributed by atoms with Gasteiger partial charge in [0.15, 0.2) is 0 Å². The van der Waals surface area contributed by atoms with Crippen LogP contribution >= 0.6 is 0 Å². The van der Waals surface area contributed by atoms with Crippen LogP contribution in [-0.2, 0) is 9.53 Å². The Bertz CT molecular complexity index is 922. The van der Waals surface area contributed by atoms with E-state index in [0.29, 0.717) is 31.7 Å². The lowest BCUT2D eigenvalue weighted by Gasteiger charge is -2.35. The summed E-state index contributed by atoms with van der Waals surface area (Å²) in [5.74, 6) is -0.0474. The van der Waals surface area contributed by atoms with Gasteiger partial charge >= 0.3 is 6.09 Å². The van der Waals surface area contributed by atoms with Crippen molar-refractivity contribution in [2.75, 3.05) is 32.7 Å². The Balaban J connectivity index is 1.49. The fourth-order valence-electron chi connectivity index (χ4n) is 3.48. The number of alkyl carbamates (subject to hydrolysis) is 1. The minimum absolute atomic E-state index is 0.00880. The van der Waals surface area contributed by atoms with E-state index in [1.54, 1.807) is 30.6 Å². The number of carbonyl (C=O) groups excluding carboxylic acids is 3. The summed E-state index contributed by atoms with van der Waals surface area (Å²) in [6.07, 6.45) is -0.322.